The molecule has 0 fully saturated rings. The van der Waals surface area contributed by atoms with Crippen LogP contribution in [0.2, 0.25) is 0 Å². The Morgan fingerprint density at radius 3 is 2.89 bits per heavy atom. The van der Waals surface area contributed by atoms with E-state index in [-0.39, 0.29) is 5.91 Å². The van der Waals surface area contributed by atoms with E-state index in [9.17, 15) is 4.79 Å². The molecule has 1 aromatic carbocycles. The molecule has 1 amide bonds. The van der Waals surface area contributed by atoms with Gasteiger partial charge in [-0.15, -0.1) is 10.2 Å². The molecule has 6 heteroatoms. The Labute approximate surface area is 115 Å². The van der Waals surface area contributed by atoms with E-state index in [1.54, 1.807) is 6.20 Å². The molecule has 1 heterocycles. The van der Waals surface area contributed by atoms with Crippen molar-refractivity contribution >= 4 is 17.7 Å². The fourth-order valence-corrected chi connectivity index (χ4v) is 1.88. The zero-order valence-electron chi connectivity index (χ0n) is 10.4. The maximum atomic E-state index is 10.6. The average Bonchev–Trinajstić information content (AvgIpc) is 2.88. The van der Waals surface area contributed by atoms with Crippen LogP contribution in [0.4, 0.5) is 0 Å². The normalized spacial score (nSPS) is 10.8. The maximum absolute atomic E-state index is 10.6. The molecule has 1 N–H and O–H groups in total. The van der Waals surface area contributed by atoms with Crippen molar-refractivity contribution in [2.75, 3.05) is 5.75 Å². The number of nitrogens with one attached hydrogen (secondary N) is 1. The van der Waals surface area contributed by atoms with Gasteiger partial charge in [-0.25, -0.2) is 0 Å². The Kier molecular flexibility index (Phi) is 4.74. The number of rotatable bonds is 5. The van der Waals surface area contributed by atoms with Crippen LogP contribution in [0.3, 0.4) is 0 Å². The van der Waals surface area contributed by atoms with E-state index in [1.807, 2.05) is 36.4 Å². The molecule has 0 bridgehead atoms. The van der Waals surface area contributed by atoms with Crippen LogP contribution in [0, 0.1) is 0 Å². The third-order valence-electron chi connectivity index (χ3n) is 2.13. The highest BCUT2D eigenvalue weighted by Crippen LogP contribution is 2.22. The van der Waals surface area contributed by atoms with E-state index in [1.165, 1.54) is 18.7 Å². The van der Waals surface area contributed by atoms with Gasteiger partial charge in [-0.1, -0.05) is 36.0 Å². The van der Waals surface area contributed by atoms with Crippen molar-refractivity contribution in [2.24, 2.45) is 0 Å². The van der Waals surface area contributed by atoms with Gasteiger partial charge in [0.05, 0.1) is 0 Å². The summed E-state index contributed by atoms with van der Waals surface area (Å²) in [5.41, 5.74) is 0.899. The van der Waals surface area contributed by atoms with E-state index in [4.69, 9.17) is 4.42 Å². The fourth-order valence-electron chi connectivity index (χ4n) is 1.31. The molecule has 1 aromatic heterocycles. The fraction of sp³-hybridized carbons (Fsp3) is 0.154. The molecule has 19 heavy (non-hydrogen) atoms. The quantitative estimate of drug-likeness (QED) is 0.849. The summed E-state index contributed by atoms with van der Waals surface area (Å²) in [6.45, 7) is 1.46. The topological polar surface area (TPSA) is 68.0 Å². The van der Waals surface area contributed by atoms with Gasteiger partial charge in [-0.3, -0.25) is 4.79 Å². The lowest BCUT2D eigenvalue weighted by Crippen LogP contribution is -2.11. The number of nitrogens with zero attached hydrogens (tertiary/aromatic N) is 2. The summed E-state index contributed by atoms with van der Waals surface area (Å²) < 4.78 is 5.52. The molecule has 0 radical (unpaired) electrons. The van der Waals surface area contributed by atoms with Gasteiger partial charge >= 0.3 is 0 Å². The van der Waals surface area contributed by atoms with Gasteiger partial charge in [0.25, 0.3) is 5.22 Å². The number of benzene rings is 1. The summed E-state index contributed by atoms with van der Waals surface area (Å²) in [5, 5.41) is 11.0. The van der Waals surface area contributed by atoms with Gasteiger partial charge in [0, 0.05) is 24.4 Å². The van der Waals surface area contributed by atoms with E-state index >= 15 is 0 Å². The standard InChI is InChI=1S/C13H13N3O2S/c1-10(17)14-8-5-9-19-13-16-15-12(18-13)11-6-3-2-4-7-11/h2-8H,9H2,1H3,(H,14,17). The van der Waals surface area contributed by atoms with E-state index in [0.717, 1.165) is 5.56 Å². The molecule has 0 aliphatic carbocycles. The summed E-state index contributed by atoms with van der Waals surface area (Å²) in [6.07, 6.45) is 3.42. The second kappa shape index (κ2) is 6.75. The van der Waals surface area contributed by atoms with Crippen LogP contribution in [0.15, 0.2) is 52.2 Å². The summed E-state index contributed by atoms with van der Waals surface area (Å²) in [7, 11) is 0. The maximum Gasteiger partial charge on any atom is 0.277 e. The Morgan fingerprint density at radius 2 is 2.16 bits per heavy atom. The number of thioether (sulfide) groups is 1. The predicted molar refractivity (Wildman–Crippen MR) is 73.4 cm³/mol. The third-order valence-corrected chi connectivity index (χ3v) is 2.91. The molecule has 0 atom stereocenters. The van der Waals surface area contributed by atoms with Crippen LogP contribution in [-0.2, 0) is 4.79 Å². The van der Waals surface area contributed by atoms with Crippen molar-refractivity contribution in [3.63, 3.8) is 0 Å². The van der Waals surface area contributed by atoms with Crippen molar-refractivity contribution in [1.29, 1.82) is 0 Å². The van der Waals surface area contributed by atoms with Crippen LogP contribution >= 0.6 is 11.8 Å². The zero-order chi connectivity index (χ0) is 13.5. The molecule has 2 rings (SSSR count). The minimum Gasteiger partial charge on any atom is -0.411 e. The summed E-state index contributed by atoms with van der Waals surface area (Å²) >= 11 is 1.41. The highest BCUT2D eigenvalue weighted by atomic mass is 32.2. The SMILES string of the molecule is CC(=O)NC=CCSc1nnc(-c2ccccc2)o1. The molecule has 2 aromatic rings. The Bertz CT molecular complexity index is 566. The van der Waals surface area contributed by atoms with E-state index in [0.29, 0.717) is 16.9 Å². The largest absolute Gasteiger partial charge is 0.411 e. The van der Waals surface area contributed by atoms with Crippen molar-refractivity contribution in [3.8, 4) is 11.5 Å². The first-order valence-electron chi connectivity index (χ1n) is 5.69. The lowest BCUT2D eigenvalue weighted by molar-refractivity contribution is -0.118. The second-order valence-corrected chi connectivity index (χ2v) is 4.62. The van der Waals surface area contributed by atoms with Crippen LogP contribution < -0.4 is 5.32 Å². The monoisotopic (exact) mass is 275 g/mol. The van der Waals surface area contributed by atoms with Gasteiger partial charge in [0.2, 0.25) is 11.8 Å². The number of amides is 1. The smallest absolute Gasteiger partial charge is 0.277 e. The van der Waals surface area contributed by atoms with E-state index < -0.39 is 0 Å². The molecule has 0 unspecified atom stereocenters. The Balaban J connectivity index is 1.88. The molecule has 0 saturated carbocycles. The number of carbonyl (C=O) groups excluding carboxylic acids is 1. The molecular formula is C13H13N3O2S. The Morgan fingerprint density at radius 1 is 1.37 bits per heavy atom. The molecule has 98 valence electrons. The highest BCUT2D eigenvalue weighted by Gasteiger charge is 2.07. The van der Waals surface area contributed by atoms with Crippen molar-refractivity contribution in [3.05, 3.63) is 42.6 Å². The van der Waals surface area contributed by atoms with Crippen LogP contribution in [0.25, 0.3) is 11.5 Å². The van der Waals surface area contributed by atoms with Gasteiger partial charge in [0.1, 0.15) is 0 Å². The summed E-state index contributed by atoms with van der Waals surface area (Å²) in [6, 6.07) is 9.60. The predicted octanol–water partition coefficient (Wildman–Crippen LogP) is 2.48. The lowest BCUT2D eigenvalue weighted by Gasteiger charge is -1.92. The van der Waals surface area contributed by atoms with Gasteiger partial charge in [0.15, 0.2) is 0 Å². The molecule has 0 saturated heterocycles. The first kappa shape index (κ1) is 13.4. The molecular weight excluding hydrogens is 262 g/mol. The Hall–Kier alpha value is -2.08. The van der Waals surface area contributed by atoms with Crippen molar-refractivity contribution < 1.29 is 9.21 Å². The minimum atomic E-state index is -0.0922. The zero-order valence-corrected chi connectivity index (χ0v) is 11.2. The number of hydrogen-bond acceptors (Lipinski definition) is 5. The summed E-state index contributed by atoms with van der Waals surface area (Å²) in [4.78, 5) is 10.6. The number of hydrogen-bond donors (Lipinski definition) is 1. The van der Waals surface area contributed by atoms with E-state index in [2.05, 4.69) is 15.5 Å². The van der Waals surface area contributed by atoms with Gasteiger partial charge < -0.3 is 9.73 Å². The van der Waals surface area contributed by atoms with Crippen LogP contribution in [-0.4, -0.2) is 21.9 Å². The first-order chi connectivity index (χ1) is 9.25. The van der Waals surface area contributed by atoms with Crippen LogP contribution in [0.1, 0.15) is 6.92 Å². The summed E-state index contributed by atoms with van der Waals surface area (Å²) in [5.74, 6) is 1.07. The molecule has 0 aliphatic heterocycles. The minimum absolute atomic E-state index is 0.0922. The first-order valence-corrected chi connectivity index (χ1v) is 6.68. The number of carbonyl (C=O) groups is 1. The molecule has 0 spiro atoms. The van der Waals surface area contributed by atoms with Gasteiger partial charge in [-0.05, 0) is 12.1 Å². The van der Waals surface area contributed by atoms with Crippen LogP contribution in [0.5, 0.6) is 0 Å². The highest BCUT2D eigenvalue weighted by molar-refractivity contribution is 7.99. The second-order valence-electron chi connectivity index (χ2n) is 3.65. The molecule has 0 aliphatic rings. The average molecular weight is 275 g/mol. The molecule has 5 nitrogen and oxygen atoms in total. The number of aromatic nitrogens is 2. The lowest BCUT2D eigenvalue weighted by atomic mass is 10.2. The van der Waals surface area contributed by atoms with Crippen molar-refractivity contribution in [1.82, 2.24) is 15.5 Å². The van der Waals surface area contributed by atoms with Crippen molar-refractivity contribution in [2.45, 2.75) is 12.1 Å². The van der Waals surface area contributed by atoms with Gasteiger partial charge in [-0.2, -0.15) is 0 Å². The third kappa shape index (κ3) is 4.26.